The molecule has 0 bridgehead atoms. The summed E-state index contributed by atoms with van der Waals surface area (Å²) in [5.74, 6) is 0.432. The van der Waals surface area contributed by atoms with Gasteiger partial charge in [-0.15, -0.1) is 5.10 Å². The van der Waals surface area contributed by atoms with Crippen molar-refractivity contribution < 1.29 is 4.79 Å². The van der Waals surface area contributed by atoms with Crippen LogP contribution in [0.3, 0.4) is 0 Å². The van der Waals surface area contributed by atoms with Crippen LogP contribution in [0, 0.1) is 13.8 Å². The molecule has 7 nitrogen and oxygen atoms in total. The molecule has 0 spiro atoms. The van der Waals surface area contributed by atoms with Crippen molar-refractivity contribution in [1.29, 1.82) is 0 Å². The van der Waals surface area contributed by atoms with Gasteiger partial charge in [0.05, 0.1) is 23.8 Å². The highest BCUT2D eigenvalue weighted by Crippen LogP contribution is 2.19. The maximum Gasteiger partial charge on any atom is 0.253 e. The van der Waals surface area contributed by atoms with Gasteiger partial charge in [0, 0.05) is 22.3 Å². The Hall–Kier alpha value is -3.00. The Labute approximate surface area is 160 Å². The van der Waals surface area contributed by atoms with Gasteiger partial charge in [0.2, 0.25) is 11.1 Å². The second-order valence-corrected chi connectivity index (χ2v) is 6.99. The van der Waals surface area contributed by atoms with Crippen molar-refractivity contribution in [3.8, 4) is 0 Å². The second-order valence-electron chi connectivity index (χ2n) is 6.21. The molecule has 3 aromatic heterocycles. The van der Waals surface area contributed by atoms with E-state index in [4.69, 9.17) is 0 Å². The smallest absolute Gasteiger partial charge is 0.253 e. The van der Waals surface area contributed by atoms with Crippen LogP contribution < -0.4 is 5.32 Å². The van der Waals surface area contributed by atoms with Gasteiger partial charge in [0.25, 0.3) is 5.78 Å². The molecule has 0 saturated carbocycles. The van der Waals surface area contributed by atoms with Crippen LogP contribution in [0.15, 0.2) is 41.7 Å². The second kappa shape index (κ2) is 6.96. The quantitative estimate of drug-likeness (QED) is 0.549. The molecule has 0 fully saturated rings. The fourth-order valence-electron chi connectivity index (χ4n) is 3.04. The first kappa shape index (κ1) is 17.4. The predicted octanol–water partition coefficient (Wildman–Crippen LogP) is 3.19. The summed E-state index contributed by atoms with van der Waals surface area (Å²) in [4.78, 5) is 25.8. The van der Waals surface area contributed by atoms with E-state index in [0.717, 1.165) is 27.9 Å². The van der Waals surface area contributed by atoms with Crippen LogP contribution in [0.5, 0.6) is 0 Å². The highest BCUT2D eigenvalue weighted by molar-refractivity contribution is 7.98. The minimum Gasteiger partial charge on any atom is -0.324 e. The summed E-state index contributed by atoms with van der Waals surface area (Å²) in [5.41, 5.74) is 4.08. The Morgan fingerprint density at radius 2 is 2.04 bits per heavy atom. The number of amides is 1. The fourth-order valence-corrected chi connectivity index (χ4v) is 3.37. The number of carbonyl (C=O) groups excluding carboxylic acids is 1. The molecule has 136 valence electrons. The van der Waals surface area contributed by atoms with Crippen molar-refractivity contribution in [3.63, 3.8) is 0 Å². The Bertz CT molecular complexity index is 1170. The van der Waals surface area contributed by atoms with Gasteiger partial charge < -0.3 is 5.32 Å². The number of aromatic nitrogens is 5. The summed E-state index contributed by atoms with van der Waals surface area (Å²) >= 11 is 1.46. The molecule has 8 heteroatoms. The van der Waals surface area contributed by atoms with E-state index in [2.05, 4.69) is 25.4 Å². The van der Waals surface area contributed by atoms with Crippen LogP contribution in [0.1, 0.15) is 17.0 Å². The van der Waals surface area contributed by atoms with Gasteiger partial charge in [0.1, 0.15) is 0 Å². The van der Waals surface area contributed by atoms with Crippen molar-refractivity contribution in [2.75, 3.05) is 11.6 Å². The number of aryl methyl sites for hydroxylation is 2. The number of benzene rings is 1. The van der Waals surface area contributed by atoms with Gasteiger partial charge in [-0.25, -0.2) is 9.50 Å². The molecule has 0 aliphatic rings. The number of carbonyl (C=O) groups is 1. The first-order valence-electron chi connectivity index (χ1n) is 8.46. The average Bonchev–Trinajstić information content (AvgIpc) is 3.08. The lowest BCUT2D eigenvalue weighted by Crippen LogP contribution is -2.18. The lowest BCUT2D eigenvalue weighted by molar-refractivity contribution is -0.115. The van der Waals surface area contributed by atoms with Gasteiger partial charge in [0.15, 0.2) is 0 Å². The standard InChI is InChI=1S/C19H18N6OS/c1-11-15(12(2)25-18(21-11)23-19(24-25)27-3)9-17(26)22-14-8-13-6-4-5-7-16(13)20-10-14/h4-8,10H,9H2,1-3H3,(H,22,26). The number of hydrogen-bond donors (Lipinski definition) is 1. The number of hydrogen-bond acceptors (Lipinski definition) is 6. The number of para-hydroxylation sites is 1. The molecular formula is C19H18N6OS. The third kappa shape index (κ3) is 3.35. The van der Waals surface area contributed by atoms with Crippen LogP contribution in [-0.2, 0) is 11.2 Å². The molecule has 27 heavy (non-hydrogen) atoms. The van der Waals surface area contributed by atoms with E-state index in [1.165, 1.54) is 11.8 Å². The first-order chi connectivity index (χ1) is 13.0. The zero-order chi connectivity index (χ0) is 19.0. The van der Waals surface area contributed by atoms with Crippen molar-refractivity contribution in [1.82, 2.24) is 24.6 Å². The number of thioether (sulfide) groups is 1. The highest BCUT2D eigenvalue weighted by Gasteiger charge is 2.16. The van der Waals surface area contributed by atoms with Crippen molar-refractivity contribution in [2.45, 2.75) is 25.4 Å². The summed E-state index contributed by atoms with van der Waals surface area (Å²) in [6.45, 7) is 3.82. The normalized spacial score (nSPS) is 11.2. The van der Waals surface area contributed by atoms with Crippen LogP contribution in [0.25, 0.3) is 16.7 Å². The summed E-state index contributed by atoms with van der Waals surface area (Å²) in [6, 6.07) is 9.72. The van der Waals surface area contributed by atoms with Crippen molar-refractivity contribution in [3.05, 3.63) is 53.5 Å². The van der Waals surface area contributed by atoms with Crippen molar-refractivity contribution in [2.24, 2.45) is 0 Å². The van der Waals surface area contributed by atoms with Gasteiger partial charge >= 0.3 is 0 Å². The SMILES string of the molecule is CSc1nc2nc(C)c(CC(=O)Nc3cnc4ccccc4c3)c(C)n2n1. The first-order valence-corrected chi connectivity index (χ1v) is 9.69. The molecule has 4 rings (SSSR count). The summed E-state index contributed by atoms with van der Waals surface area (Å²) in [5, 5.41) is 8.99. The van der Waals surface area contributed by atoms with E-state index in [-0.39, 0.29) is 12.3 Å². The van der Waals surface area contributed by atoms with Crippen LogP contribution in [-0.4, -0.2) is 36.7 Å². The molecule has 1 amide bonds. The molecular weight excluding hydrogens is 360 g/mol. The Morgan fingerprint density at radius 3 is 2.85 bits per heavy atom. The molecule has 0 atom stereocenters. The lowest BCUT2D eigenvalue weighted by atomic mass is 10.1. The highest BCUT2D eigenvalue weighted by atomic mass is 32.2. The topological polar surface area (TPSA) is 85.1 Å². The van der Waals surface area contributed by atoms with Gasteiger partial charge in [-0.3, -0.25) is 9.78 Å². The maximum atomic E-state index is 12.6. The maximum absolute atomic E-state index is 12.6. The molecule has 0 aliphatic carbocycles. The van der Waals surface area contributed by atoms with Gasteiger partial charge in [-0.1, -0.05) is 30.0 Å². The molecule has 1 N–H and O–H groups in total. The number of nitrogens with zero attached hydrogens (tertiary/aromatic N) is 5. The zero-order valence-corrected chi connectivity index (χ0v) is 16.0. The van der Waals surface area contributed by atoms with Crippen LogP contribution in [0.2, 0.25) is 0 Å². The van der Waals surface area contributed by atoms with E-state index in [1.807, 2.05) is 50.4 Å². The minimum atomic E-state index is -0.121. The van der Waals surface area contributed by atoms with Gasteiger partial charge in [-0.05, 0) is 32.2 Å². The Morgan fingerprint density at radius 1 is 1.22 bits per heavy atom. The number of pyridine rings is 1. The minimum absolute atomic E-state index is 0.121. The third-order valence-electron chi connectivity index (χ3n) is 4.42. The Balaban J connectivity index is 1.60. The fraction of sp³-hybridized carbons (Fsp3) is 0.211. The molecule has 0 saturated heterocycles. The van der Waals surface area contributed by atoms with Crippen LogP contribution in [0.4, 0.5) is 5.69 Å². The largest absolute Gasteiger partial charge is 0.324 e. The Kier molecular flexibility index (Phi) is 4.49. The van der Waals surface area contributed by atoms with Crippen LogP contribution >= 0.6 is 11.8 Å². The molecule has 4 aromatic rings. The van der Waals surface area contributed by atoms with Crippen molar-refractivity contribution >= 4 is 40.0 Å². The molecule has 0 aliphatic heterocycles. The summed E-state index contributed by atoms with van der Waals surface area (Å²) < 4.78 is 1.69. The number of fused-ring (bicyclic) bond motifs is 2. The molecule has 0 unspecified atom stereocenters. The molecule has 0 radical (unpaired) electrons. The number of anilines is 1. The zero-order valence-electron chi connectivity index (χ0n) is 15.2. The number of nitrogens with one attached hydrogen (secondary N) is 1. The third-order valence-corrected chi connectivity index (χ3v) is 4.96. The van der Waals surface area contributed by atoms with E-state index in [9.17, 15) is 4.79 Å². The van der Waals surface area contributed by atoms with E-state index >= 15 is 0 Å². The van der Waals surface area contributed by atoms with E-state index < -0.39 is 0 Å². The average molecular weight is 378 g/mol. The number of rotatable bonds is 4. The predicted molar refractivity (Wildman–Crippen MR) is 106 cm³/mol. The molecule has 1 aromatic carbocycles. The monoisotopic (exact) mass is 378 g/mol. The van der Waals surface area contributed by atoms with E-state index in [1.54, 1.807) is 10.7 Å². The molecule has 3 heterocycles. The van der Waals surface area contributed by atoms with Gasteiger partial charge in [-0.2, -0.15) is 4.98 Å². The summed E-state index contributed by atoms with van der Waals surface area (Å²) in [7, 11) is 0. The lowest BCUT2D eigenvalue weighted by Gasteiger charge is -2.11. The summed E-state index contributed by atoms with van der Waals surface area (Å²) in [6.07, 6.45) is 3.80. The van der Waals surface area contributed by atoms with E-state index in [0.29, 0.717) is 16.6 Å².